The molecule has 0 aliphatic heterocycles. The van der Waals surface area contributed by atoms with Gasteiger partial charge in [0.15, 0.2) is 0 Å². The Labute approximate surface area is 128 Å². The summed E-state index contributed by atoms with van der Waals surface area (Å²) in [5.41, 5.74) is 1.17. The molecule has 1 N–H and O–H groups in total. The minimum absolute atomic E-state index is 0.0827. The minimum Gasteiger partial charge on any atom is -0.467 e. The fraction of sp³-hybridized carbons (Fsp3) is 0.188. The highest BCUT2D eigenvalue weighted by Crippen LogP contribution is 2.00. The van der Waals surface area contributed by atoms with E-state index in [0.717, 1.165) is 5.76 Å². The molecule has 2 aromatic heterocycles. The average Bonchev–Trinajstić information content (AvgIpc) is 3.18. The molecule has 112 valence electrons. The molecule has 0 spiro atoms. The molecule has 0 fully saturated rings. The highest BCUT2D eigenvalue weighted by atomic mass is 16.3. The van der Waals surface area contributed by atoms with E-state index in [1.165, 1.54) is 5.56 Å². The zero-order valence-corrected chi connectivity index (χ0v) is 12.1. The number of aromatic nitrogens is 3. The summed E-state index contributed by atoms with van der Waals surface area (Å²) in [5.74, 6) is 0.652. The van der Waals surface area contributed by atoms with Crippen molar-refractivity contribution in [1.29, 1.82) is 0 Å². The van der Waals surface area contributed by atoms with E-state index >= 15 is 0 Å². The van der Waals surface area contributed by atoms with Crippen LogP contribution in [0.5, 0.6) is 0 Å². The lowest BCUT2D eigenvalue weighted by atomic mass is 10.2. The number of hydrogen-bond acceptors (Lipinski definition) is 3. The van der Waals surface area contributed by atoms with Crippen molar-refractivity contribution in [3.05, 3.63) is 72.7 Å². The monoisotopic (exact) mass is 297 g/mol. The van der Waals surface area contributed by atoms with Crippen LogP contribution in [0.2, 0.25) is 0 Å². The molecular formula is C16H17N4O2+. The highest BCUT2D eigenvalue weighted by molar-refractivity contribution is 5.74. The number of furan rings is 1. The summed E-state index contributed by atoms with van der Waals surface area (Å²) < 4.78 is 8.72. The van der Waals surface area contributed by atoms with Crippen LogP contribution in [0.15, 0.2) is 65.8 Å². The molecule has 22 heavy (non-hydrogen) atoms. The molecule has 3 rings (SSSR count). The van der Waals surface area contributed by atoms with E-state index in [0.29, 0.717) is 13.1 Å². The Bertz CT molecular complexity index is 720. The van der Waals surface area contributed by atoms with Crippen molar-refractivity contribution in [2.75, 3.05) is 0 Å². The van der Waals surface area contributed by atoms with Gasteiger partial charge in [0.2, 0.25) is 6.33 Å². The molecule has 0 bridgehead atoms. The normalized spacial score (nSPS) is 10.5. The largest absolute Gasteiger partial charge is 0.467 e. The number of rotatable bonds is 6. The molecule has 0 saturated heterocycles. The lowest BCUT2D eigenvalue weighted by molar-refractivity contribution is -0.685. The Morgan fingerprint density at radius 3 is 2.86 bits per heavy atom. The summed E-state index contributed by atoms with van der Waals surface area (Å²) in [5, 5.41) is 7.06. The van der Waals surface area contributed by atoms with Gasteiger partial charge < -0.3 is 9.73 Å². The van der Waals surface area contributed by atoms with Gasteiger partial charge in [-0.15, -0.1) is 4.68 Å². The third-order valence-electron chi connectivity index (χ3n) is 3.18. The van der Waals surface area contributed by atoms with Gasteiger partial charge in [0.1, 0.15) is 18.8 Å². The smallest absolute Gasteiger partial charge is 0.265 e. The molecule has 0 atom stereocenters. The Balaban J connectivity index is 1.51. The summed E-state index contributed by atoms with van der Waals surface area (Å²) in [4.78, 5) is 11.9. The Kier molecular flexibility index (Phi) is 4.29. The maximum Gasteiger partial charge on any atom is 0.265 e. The molecule has 6 heteroatoms. The number of carbonyl (C=O) groups is 1. The summed E-state index contributed by atoms with van der Waals surface area (Å²) in [7, 11) is 0. The first-order valence-electron chi connectivity index (χ1n) is 7.04. The maximum atomic E-state index is 11.9. The van der Waals surface area contributed by atoms with E-state index in [-0.39, 0.29) is 12.5 Å². The van der Waals surface area contributed by atoms with Crippen molar-refractivity contribution < 1.29 is 13.8 Å². The quantitative estimate of drug-likeness (QED) is 0.694. The number of amides is 1. The number of hydrogen-bond donors (Lipinski definition) is 1. The zero-order chi connectivity index (χ0) is 15.2. The van der Waals surface area contributed by atoms with Crippen LogP contribution in [0.25, 0.3) is 0 Å². The average molecular weight is 297 g/mol. The van der Waals surface area contributed by atoms with Crippen molar-refractivity contribution in [1.82, 2.24) is 15.1 Å². The predicted molar refractivity (Wildman–Crippen MR) is 78.5 cm³/mol. The van der Waals surface area contributed by atoms with Gasteiger partial charge in [-0.05, 0) is 17.7 Å². The SMILES string of the molecule is O=C(C[n+]1cnn(Cc2ccccc2)c1)NCc1ccco1. The van der Waals surface area contributed by atoms with Crippen LogP contribution in [0.3, 0.4) is 0 Å². The second kappa shape index (κ2) is 6.71. The number of nitrogens with zero attached hydrogens (tertiary/aromatic N) is 3. The molecule has 0 saturated carbocycles. The summed E-state index contributed by atoms with van der Waals surface area (Å²) >= 11 is 0. The van der Waals surface area contributed by atoms with Gasteiger partial charge in [-0.1, -0.05) is 30.3 Å². The standard InChI is InChI=1S/C16H16N4O2/c21-16(17-9-15-7-4-8-22-15)11-19-12-18-20(13-19)10-14-5-2-1-3-6-14/h1-8,12-13H,9-11H2/p+1. The number of carbonyl (C=O) groups excluding carboxylic acids is 1. The first kappa shape index (κ1) is 14.1. The second-order valence-electron chi connectivity index (χ2n) is 4.96. The molecule has 2 heterocycles. The predicted octanol–water partition coefficient (Wildman–Crippen LogP) is 1.13. The summed E-state index contributed by atoms with van der Waals surface area (Å²) in [6.45, 7) is 1.31. The van der Waals surface area contributed by atoms with Gasteiger partial charge >= 0.3 is 0 Å². The highest BCUT2D eigenvalue weighted by Gasteiger charge is 2.10. The number of nitrogens with one attached hydrogen (secondary N) is 1. The molecule has 1 aromatic carbocycles. The van der Waals surface area contributed by atoms with Gasteiger partial charge in [-0.3, -0.25) is 4.79 Å². The molecule has 3 aromatic rings. The van der Waals surface area contributed by atoms with Crippen molar-refractivity contribution in [2.45, 2.75) is 19.6 Å². The number of benzene rings is 1. The van der Waals surface area contributed by atoms with E-state index in [4.69, 9.17) is 4.42 Å². The lowest BCUT2D eigenvalue weighted by Gasteiger charge is -2.00. The Hall–Kier alpha value is -2.89. The van der Waals surface area contributed by atoms with Crippen LogP contribution in [0, 0.1) is 0 Å². The molecule has 0 unspecified atom stereocenters. The van der Waals surface area contributed by atoms with E-state index in [9.17, 15) is 4.79 Å². The van der Waals surface area contributed by atoms with Crippen molar-refractivity contribution in [3.63, 3.8) is 0 Å². The van der Waals surface area contributed by atoms with Crippen LogP contribution in [0.4, 0.5) is 0 Å². The van der Waals surface area contributed by atoms with Crippen LogP contribution >= 0.6 is 0 Å². The van der Waals surface area contributed by atoms with E-state index in [2.05, 4.69) is 10.4 Å². The van der Waals surface area contributed by atoms with Crippen molar-refractivity contribution in [2.24, 2.45) is 0 Å². The topological polar surface area (TPSA) is 63.9 Å². The lowest BCUT2D eigenvalue weighted by Crippen LogP contribution is -2.41. The zero-order valence-electron chi connectivity index (χ0n) is 12.1. The van der Waals surface area contributed by atoms with Gasteiger partial charge in [0, 0.05) is 5.10 Å². The molecule has 1 amide bonds. The Morgan fingerprint density at radius 2 is 2.09 bits per heavy atom. The molecule has 0 aliphatic carbocycles. The van der Waals surface area contributed by atoms with Crippen LogP contribution in [0.1, 0.15) is 11.3 Å². The van der Waals surface area contributed by atoms with Gasteiger partial charge in [-0.2, -0.15) is 0 Å². The minimum atomic E-state index is -0.0827. The van der Waals surface area contributed by atoms with Crippen LogP contribution in [-0.4, -0.2) is 15.7 Å². The van der Waals surface area contributed by atoms with Crippen molar-refractivity contribution in [3.8, 4) is 0 Å². The van der Waals surface area contributed by atoms with E-state index in [1.54, 1.807) is 27.9 Å². The first-order valence-corrected chi connectivity index (χ1v) is 7.04. The third-order valence-corrected chi connectivity index (χ3v) is 3.18. The third kappa shape index (κ3) is 3.82. The molecular weight excluding hydrogens is 280 g/mol. The summed E-state index contributed by atoms with van der Waals surface area (Å²) in [6.07, 6.45) is 5.05. The fourth-order valence-corrected chi connectivity index (χ4v) is 2.12. The van der Waals surface area contributed by atoms with Gasteiger partial charge in [0.05, 0.1) is 12.8 Å². The molecule has 0 aliphatic rings. The Morgan fingerprint density at radius 1 is 1.23 bits per heavy atom. The van der Waals surface area contributed by atoms with Crippen molar-refractivity contribution >= 4 is 5.91 Å². The van der Waals surface area contributed by atoms with Crippen LogP contribution < -0.4 is 9.88 Å². The second-order valence-corrected chi connectivity index (χ2v) is 4.96. The molecule has 6 nitrogen and oxygen atoms in total. The van der Waals surface area contributed by atoms with Crippen LogP contribution in [-0.2, 0) is 24.4 Å². The van der Waals surface area contributed by atoms with Gasteiger partial charge in [-0.25, -0.2) is 4.57 Å². The van der Waals surface area contributed by atoms with E-state index in [1.807, 2.05) is 42.7 Å². The van der Waals surface area contributed by atoms with Gasteiger partial charge in [0.25, 0.3) is 12.2 Å². The van der Waals surface area contributed by atoms with E-state index < -0.39 is 0 Å². The maximum absolute atomic E-state index is 11.9. The fourth-order valence-electron chi connectivity index (χ4n) is 2.12. The summed E-state index contributed by atoms with van der Waals surface area (Å²) in [6, 6.07) is 13.7. The molecule has 0 radical (unpaired) electrons. The first-order chi connectivity index (χ1) is 10.8.